The molecule has 1 aromatic heterocycles. The van der Waals surface area contributed by atoms with Crippen LogP contribution in [0.3, 0.4) is 0 Å². The molecule has 1 aromatic rings. The predicted octanol–water partition coefficient (Wildman–Crippen LogP) is 0.413. The third-order valence-corrected chi connectivity index (χ3v) is 3.04. The van der Waals surface area contributed by atoms with Crippen molar-refractivity contribution in [1.29, 1.82) is 0 Å². The van der Waals surface area contributed by atoms with Crippen LogP contribution >= 0.6 is 0 Å². The number of pyridine rings is 1. The number of oxime groups is 1. The smallest absolute Gasteiger partial charge is 0.212 e. The summed E-state index contributed by atoms with van der Waals surface area (Å²) >= 11 is 0. The summed E-state index contributed by atoms with van der Waals surface area (Å²) in [6, 6.07) is 3.81. The number of nitrogens with one attached hydrogen (secondary N) is 1. The van der Waals surface area contributed by atoms with Crippen LogP contribution in [0.2, 0.25) is 0 Å². The predicted molar refractivity (Wildman–Crippen MR) is 58.6 cm³/mol. The molecule has 3 heterocycles. The zero-order valence-electron chi connectivity index (χ0n) is 9.01. The summed E-state index contributed by atoms with van der Waals surface area (Å²) in [4.78, 5) is 9.54. The fraction of sp³-hybridized carbons (Fsp3) is 0.455. The molecule has 0 spiro atoms. The molecule has 16 heavy (non-hydrogen) atoms. The normalized spacial score (nSPS) is 27.2. The van der Waals surface area contributed by atoms with Crippen LogP contribution in [0.15, 0.2) is 23.5 Å². The van der Waals surface area contributed by atoms with Crippen LogP contribution in [-0.2, 0) is 4.84 Å². The fourth-order valence-corrected chi connectivity index (χ4v) is 2.15. The number of hydrogen-bond acceptors (Lipinski definition) is 5. The van der Waals surface area contributed by atoms with Crippen molar-refractivity contribution in [2.45, 2.75) is 6.10 Å². The maximum atomic E-state index is 5.37. The topological polar surface area (TPSA) is 55.7 Å². The zero-order chi connectivity index (χ0) is 11.0. The average Bonchev–Trinajstić information content (AvgIpc) is 2.91. The highest BCUT2D eigenvalue weighted by Gasteiger charge is 2.38. The SMILES string of the molecule is COc1ccc(C2=NO[C@@H]3CNC[C@H]23)cn1. The summed E-state index contributed by atoms with van der Waals surface area (Å²) in [6.45, 7) is 1.80. The number of nitrogens with zero attached hydrogens (tertiary/aromatic N) is 2. The quantitative estimate of drug-likeness (QED) is 0.783. The van der Waals surface area contributed by atoms with E-state index in [0.717, 1.165) is 24.4 Å². The van der Waals surface area contributed by atoms with E-state index in [9.17, 15) is 0 Å². The number of ether oxygens (including phenoxy) is 1. The molecule has 2 atom stereocenters. The molecule has 2 aliphatic heterocycles. The van der Waals surface area contributed by atoms with Crippen molar-refractivity contribution in [3.05, 3.63) is 23.9 Å². The van der Waals surface area contributed by atoms with Crippen molar-refractivity contribution >= 4 is 5.71 Å². The lowest BCUT2D eigenvalue weighted by Gasteiger charge is -2.07. The molecular formula is C11H13N3O2. The maximum Gasteiger partial charge on any atom is 0.212 e. The lowest BCUT2D eigenvalue weighted by Crippen LogP contribution is -2.21. The molecule has 1 saturated heterocycles. The Kier molecular flexibility index (Phi) is 2.25. The van der Waals surface area contributed by atoms with Gasteiger partial charge in [-0.25, -0.2) is 4.98 Å². The molecule has 84 valence electrons. The monoisotopic (exact) mass is 219 g/mol. The van der Waals surface area contributed by atoms with E-state index in [1.165, 1.54) is 0 Å². The third-order valence-electron chi connectivity index (χ3n) is 3.04. The van der Waals surface area contributed by atoms with Crippen molar-refractivity contribution < 1.29 is 9.57 Å². The Bertz CT molecular complexity index is 416. The van der Waals surface area contributed by atoms with Gasteiger partial charge in [0, 0.05) is 30.9 Å². The number of aromatic nitrogens is 1. The van der Waals surface area contributed by atoms with Crippen LogP contribution in [0.25, 0.3) is 0 Å². The Hall–Kier alpha value is -1.62. The van der Waals surface area contributed by atoms with Crippen molar-refractivity contribution in [3.8, 4) is 5.88 Å². The third kappa shape index (κ3) is 1.44. The minimum atomic E-state index is 0.192. The lowest BCUT2D eigenvalue weighted by molar-refractivity contribution is 0.0842. The summed E-state index contributed by atoms with van der Waals surface area (Å²) in [6.07, 6.45) is 1.97. The van der Waals surface area contributed by atoms with E-state index in [1.54, 1.807) is 13.3 Å². The van der Waals surface area contributed by atoms with Gasteiger partial charge in [0.25, 0.3) is 0 Å². The highest BCUT2D eigenvalue weighted by Crippen LogP contribution is 2.25. The summed E-state index contributed by atoms with van der Waals surface area (Å²) in [5.41, 5.74) is 2.00. The van der Waals surface area contributed by atoms with Gasteiger partial charge in [-0.2, -0.15) is 0 Å². The molecule has 0 radical (unpaired) electrons. The average molecular weight is 219 g/mol. The van der Waals surface area contributed by atoms with Crippen LogP contribution in [0.5, 0.6) is 5.88 Å². The molecule has 0 unspecified atom stereocenters. The van der Waals surface area contributed by atoms with Crippen LogP contribution in [0, 0.1) is 5.92 Å². The van der Waals surface area contributed by atoms with E-state index < -0.39 is 0 Å². The van der Waals surface area contributed by atoms with Gasteiger partial charge in [-0.1, -0.05) is 5.16 Å². The molecule has 1 fully saturated rings. The van der Waals surface area contributed by atoms with Crippen molar-refractivity contribution in [2.24, 2.45) is 11.1 Å². The van der Waals surface area contributed by atoms with Gasteiger partial charge >= 0.3 is 0 Å². The molecule has 0 saturated carbocycles. The molecule has 0 amide bonds. The summed E-state index contributed by atoms with van der Waals surface area (Å²) in [5.74, 6) is 0.972. The molecule has 0 bridgehead atoms. The zero-order valence-corrected chi connectivity index (χ0v) is 9.01. The number of hydrogen-bond donors (Lipinski definition) is 1. The van der Waals surface area contributed by atoms with E-state index in [4.69, 9.17) is 9.57 Å². The molecule has 2 aliphatic rings. The molecule has 3 rings (SSSR count). The van der Waals surface area contributed by atoms with Gasteiger partial charge < -0.3 is 14.9 Å². The molecule has 5 nitrogen and oxygen atoms in total. The van der Waals surface area contributed by atoms with Crippen LogP contribution in [-0.4, -0.2) is 37.0 Å². The number of rotatable bonds is 2. The Balaban J connectivity index is 1.86. The van der Waals surface area contributed by atoms with E-state index >= 15 is 0 Å². The van der Waals surface area contributed by atoms with Crippen LogP contribution in [0.1, 0.15) is 5.56 Å². The fourth-order valence-electron chi connectivity index (χ4n) is 2.15. The first kappa shape index (κ1) is 9.59. The standard InChI is InChI=1S/C11H13N3O2/c1-15-10-3-2-7(4-13-10)11-8-5-12-6-9(8)16-14-11/h2-4,8-9,12H,5-6H2,1H3/t8-,9+/m0/s1. The molecule has 1 N–H and O–H groups in total. The van der Waals surface area contributed by atoms with Gasteiger partial charge in [-0.05, 0) is 6.07 Å². The van der Waals surface area contributed by atoms with Gasteiger partial charge in [-0.15, -0.1) is 0 Å². The molecule has 0 aromatic carbocycles. The first-order chi connectivity index (χ1) is 7.88. The lowest BCUT2D eigenvalue weighted by atomic mass is 9.96. The highest BCUT2D eigenvalue weighted by atomic mass is 16.6. The number of methoxy groups -OCH3 is 1. The second kappa shape index (κ2) is 3.75. The van der Waals surface area contributed by atoms with Crippen LogP contribution in [0.4, 0.5) is 0 Å². The molecule has 0 aliphatic carbocycles. The first-order valence-electron chi connectivity index (χ1n) is 5.33. The summed E-state index contributed by atoms with van der Waals surface area (Å²) < 4.78 is 5.02. The van der Waals surface area contributed by atoms with E-state index in [0.29, 0.717) is 11.8 Å². The van der Waals surface area contributed by atoms with Crippen molar-refractivity contribution in [1.82, 2.24) is 10.3 Å². The minimum absolute atomic E-state index is 0.192. The van der Waals surface area contributed by atoms with Crippen molar-refractivity contribution in [3.63, 3.8) is 0 Å². The van der Waals surface area contributed by atoms with E-state index in [2.05, 4.69) is 15.5 Å². The summed E-state index contributed by atoms with van der Waals surface area (Å²) in [7, 11) is 1.61. The van der Waals surface area contributed by atoms with Gasteiger partial charge in [0.1, 0.15) is 6.10 Å². The van der Waals surface area contributed by atoms with E-state index in [-0.39, 0.29) is 6.10 Å². The van der Waals surface area contributed by atoms with Gasteiger partial charge in [0.05, 0.1) is 18.7 Å². The van der Waals surface area contributed by atoms with E-state index in [1.807, 2.05) is 12.1 Å². The van der Waals surface area contributed by atoms with Crippen LogP contribution < -0.4 is 10.1 Å². The largest absolute Gasteiger partial charge is 0.481 e. The van der Waals surface area contributed by atoms with Gasteiger partial charge in [0.2, 0.25) is 5.88 Å². The summed E-state index contributed by atoms with van der Waals surface area (Å²) in [5, 5.41) is 7.44. The Morgan fingerprint density at radius 1 is 1.44 bits per heavy atom. The maximum absolute atomic E-state index is 5.37. The highest BCUT2D eigenvalue weighted by molar-refractivity contribution is 6.03. The Morgan fingerprint density at radius 2 is 2.38 bits per heavy atom. The number of fused-ring (bicyclic) bond motifs is 1. The Morgan fingerprint density at radius 3 is 3.12 bits per heavy atom. The Labute approximate surface area is 93.5 Å². The first-order valence-corrected chi connectivity index (χ1v) is 5.33. The van der Waals surface area contributed by atoms with Crippen molar-refractivity contribution in [2.75, 3.05) is 20.2 Å². The van der Waals surface area contributed by atoms with Gasteiger partial charge in [0.15, 0.2) is 0 Å². The second-order valence-electron chi connectivity index (χ2n) is 3.97. The molecule has 5 heteroatoms. The molecular weight excluding hydrogens is 206 g/mol. The minimum Gasteiger partial charge on any atom is -0.481 e. The second-order valence-corrected chi connectivity index (χ2v) is 3.97. The van der Waals surface area contributed by atoms with Gasteiger partial charge in [-0.3, -0.25) is 0 Å².